The first-order chi connectivity index (χ1) is 7.13. The van der Waals surface area contributed by atoms with E-state index in [2.05, 4.69) is 13.8 Å². The summed E-state index contributed by atoms with van der Waals surface area (Å²) < 4.78 is 5.52. The Morgan fingerprint density at radius 3 is 2.67 bits per heavy atom. The predicted octanol–water partition coefficient (Wildman–Crippen LogP) is 1.39. The van der Waals surface area contributed by atoms with Crippen molar-refractivity contribution in [1.29, 1.82) is 0 Å². The molecule has 0 spiro atoms. The van der Waals surface area contributed by atoms with Crippen molar-refractivity contribution in [2.45, 2.75) is 26.3 Å². The second-order valence-corrected chi connectivity index (χ2v) is 3.83. The van der Waals surface area contributed by atoms with Crippen LogP contribution in [0.25, 0.3) is 0 Å². The van der Waals surface area contributed by atoms with Crippen LogP contribution in [0.2, 0.25) is 0 Å². The molecule has 0 heterocycles. The minimum absolute atomic E-state index is 0.100. The lowest BCUT2D eigenvalue weighted by atomic mass is 10.1. The molecule has 1 aromatic carbocycles. The molecule has 0 bridgehead atoms. The zero-order valence-corrected chi connectivity index (χ0v) is 9.36. The second kappa shape index (κ2) is 5.73. The van der Waals surface area contributed by atoms with E-state index < -0.39 is 0 Å². The van der Waals surface area contributed by atoms with Crippen LogP contribution in [0.1, 0.15) is 17.5 Å². The first-order valence-electron chi connectivity index (χ1n) is 5.20. The van der Waals surface area contributed by atoms with Crippen molar-refractivity contribution in [1.82, 2.24) is 0 Å². The van der Waals surface area contributed by atoms with Gasteiger partial charge in [0.05, 0.1) is 0 Å². The van der Waals surface area contributed by atoms with E-state index in [0.717, 1.165) is 5.75 Å². The van der Waals surface area contributed by atoms with E-state index in [1.54, 1.807) is 0 Å². The first-order valence-corrected chi connectivity index (χ1v) is 5.20. The third-order valence-electron chi connectivity index (χ3n) is 2.44. The Bertz CT molecular complexity index is 312. The molecule has 0 aromatic heterocycles. The van der Waals surface area contributed by atoms with Gasteiger partial charge in [0.2, 0.25) is 0 Å². The molecule has 0 saturated heterocycles. The summed E-state index contributed by atoms with van der Waals surface area (Å²) in [4.78, 5) is 0. The van der Waals surface area contributed by atoms with Gasteiger partial charge in [0.25, 0.3) is 0 Å². The van der Waals surface area contributed by atoms with Crippen LogP contribution in [0.4, 0.5) is 0 Å². The van der Waals surface area contributed by atoms with Gasteiger partial charge in [0, 0.05) is 12.6 Å². The Kier molecular flexibility index (Phi) is 4.59. The van der Waals surface area contributed by atoms with Crippen molar-refractivity contribution in [3.05, 3.63) is 29.3 Å². The molecule has 1 atom stereocenters. The summed E-state index contributed by atoms with van der Waals surface area (Å²) in [5.74, 6) is 0.839. The minimum atomic E-state index is -0.100. The molecule has 0 fully saturated rings. The average Bonchev–Trinajstić information content (AvgIpc) is 2.20. The van der Waals surface area contributed by atoms with Gasteiger partial charge in [-0.15, -0.1) is 0 Å². The number of aliphatic hydroxyl groups is 1. The van der Waals surface area contributed by atoms with Gasteiger partial charge in [-0.1, -0.05) is 6.07 Å². The van der Waals surface area contributed by atoms with Crippen molar-refractivity contribution in [3.8, 4) is 5.75 Å². The second-order valence-electron chi connectivity index (χ2n) is 3.83. The summed E-state index contributed by atoms with van der Waals surface area (Å²) in [6.45, 7) is 4.67. The molecular formula is C12H19NO2. The van der Waals surface area contributed by atoms with Crippen LogP contribution in [0.3, 0.4) is 0 Å². The van der Waals surface area contributed by atoms with Gasteiger partial charge in [-0.3, -0.25) is 0 Å². The summed E-state index contributed by atoms with van der Waals surface area (Å²) in [6.07, 6.45) is 0.574. The van der Waals surface area contributed by atoms with E-state index >= 15 is 0 Å². The maximum atomic E-state index is 8.68. The molecule has 1 rings (SSSR count). The zero-order valence-electron chi connectivity index (χ0n) is 9.36. The molecular weight excluding hydrogens is 190 g/mol. The maximum absolute atomic E-state index is 8.68. The van der Waals surface area contributed by atoms with Gasteiger partial charge in [-0.2, -0.15) is 0 Å². The average molecular weight is 209 g/mol. The molecule has 1 aromatic rings. The standard InChI is InChI=1S/C12H19NO2/c1-9-3-4-12(7-10(9)2)15-8-11(13)5-6-14/h3-4,7,11,14H,5-6,8,13H2,1-2H3. The first kappa shape index (κ1) is 12.0. The van der Waals surface area contributed by atoms with Gasteiger partial charge in [-0.05, 0) is 43.5 Å². The van der Waals surface area contributed by atoms with Crippen molar-refractivity contribution in [2.75, 3.05) is 13.2 Å². The number of nitrogens with two attached hydrogens (primary N) is 1. The molecule has 3 nitrogen and oxygen atoms in total. The molecule has 0 aliphatic carbocycles. The van der Waals surface area contributed by atoms with E-state index in [4.69, 9.17) is 15.6 Å². The van der Waals surface area contributed by atoms with E-state index in [9.17, 15) is 0 Å². The highest BCUT2D eigenvalue weighted by atomic mass is 16.5. The SMILES string of the molecule is Cc1ccc(OCC(N)CCO)cc1C. The third kappa shape index (κ3) is 3.90. The van der Waals surface area contributed by atoms with Crippen molar-refractivity contribution < 1.29 is 9.84 Å². The lowest BCUT2D eigenvalue weighted by Crippen LogP contribution is -2.28. The van der Waals surface area contributed by atoms with Gasteiger partial charge >= 0.3 is 0 Å². The summed E-state index contributed by atoms with van der Waals surface area (Å²) in [5, 5.41) is 8.68. The van der Waals surface area contributed by atoms with E-state index in [-0.39, 0.29) is 12.6 Å². The molecule has 1 unspecified atom stereocenters. The smallest absolute Gasteiger partial charge is 0.119 e. The Morgan fingerprint density at radius 2 is 2.07 bits per heavy atom. The predicted molar refractivity (Wildman–Crippen MR) is 61.1 cm³/mol. The number of aliphatic hydroxyl groups excluding tert-OH is 1. The van der Waals surface area contributed by atoms with Crippen LogP contribution < -0.4 is 10.5 Å². The van der Waals surface area contributed by atoms with Gasteiger partial charge in [0.15, 0.2) is 0 Å². The monoisotopic (exact) mass is 209 g/mol. The minimum Gasteiger partial charge on any atom is -0.492 e. The fourth-order valence-corrected chi connectivity index (χ4v) is 1.26. The molecule has 0 amide bonds. The number of hydrogen-bond donors (Lipinski definition) is 2. The highest BCUT2D eigenvalue weighted by Crippen LogP contribution is 2.16. The summed E-state index contributed by atoms with van der Waals surface area (Å²) in [7, 11) is 0. The lowest BCUT2D eigenvalue weighted by Gasteiger charge is -2.12. The highest BCUT2D eigenvalue weighted by molar-refractivity contribution is 5.33. The number of aryl methyl sites for hydroxylation is 2. The Balaban J connectivity index is 2.47. The van der Waals surface area contributed by atoms with Crippen molar-refractivity contribution in [2.24, 2.45) is 5.73 Å². The lowest BCUT2D eigenvalue weighted by molar-refractivity contribution is 0.233. The number of rotatable bonds is 5. The maximum Gasteiger partial charge on any atom is 0.119 e. The summed E-state index contributed by atoms with van der Waals surface area (Å²) in [6, 6.07) is 5.87. The van der Waals surface area contributed by atoms with E-state index in [1.807, 2.05) is 18.2 Å². The third-order valence-corrected chi connectivity index (χ3v) is 2.44. The summed E-state index contributed by atoms with van der Waals surface area (Å²) >= 11 is 0. The Labute approximate surface area is 90.9 Å². The van der Waals surface area contributed by atoms with Crippen LogP contribution in [0, 0.1) is 13.8 Å². The van der Waals surface area contributed by atoms with Gasteiger partial charge < -0.3 is 15.6 Å². The van der Waals surface area contributed by atoms with Crippen LogP contribution in [-0.2, 0) is 0 Å². The topological polar surface area (TPSA) is 55.5 Å². The van der Waals surface area contributed by atoms with Crippen molar-refractivity contribution >= 4 is 0 Å². The molecule has 84 valence electrons. The Hall–Kier alpha value is -1.06. The van der Waals surface area contributed by atoms with Crippen LogP contribution in [-0.4, -0.2) is 24.4 Å². The summed E-state index contributed by atoms with van der Waals surface area (Å²) in [5.41, 5.74) is 8.18. The van der Waals surface area contributed by atoms with E-state index in [0.29, 0.717) is 13.0 Å². The fraction of sp³-hybridized carbons (Fsp3) is 0.500. The number of hydrogen-bond acceptors (Lipinski definition) is 3. The quantitative estimate of drug-likeness (QED) is 0.770. The molecule has 0 aliphatic rings. The molecule has 15 heavy (non-hydrogen) atoms. The van der Waals surface area contributed by atoms with Crippen molar-refractivity contribution in [3.63, 3.8) is 0 Å². The molecule has 3 heteroatoms. The zero-order chi connectivity index (χ0) is 11.3. The normalized spacial score (nSPS) is 12.5. The molecule has 3 N–H and O–H groups in total. The van der Waals surface area contributed by atoms with Crippen LogP contribution >= 0.6 is 0 Å². The van der Waals surface area contributed by atoms with E-state index in [1.165, 1.54) is 11.1 Å². The van der Waals surface area contributed by atoms with Gasteiger partial charge in [0.1, 0.15) is 12.4 Å². The largest absolute Gasteiger partial charge is 0.492 e. The fourth-order valence-electron chi connectivity index (χ4n) is 1.26. The molecule has 0 aliphatic heterocycles. The Morgan fingerprint density at radius 1 is 1.33 bits per heavy atom. The van der Waals surface area contributed by atoms with Gasteiger partial charge in [-0.25, -0.2) is 0 Å². The molecule has 0 saturated carbocycles. The number of ether oxygens (including phenoxy) is 1. The number of benzene rings is 1. The highest BCUT2D eigenvalue weighted by Gasteiger charge is 2.03. The molecule has 0 radical (unpaired) electrons. The van der Waals surface area contributed by atoms with Crippen LogP contribution in [0.5, 0.6) is 5.75 Å². The van der Waals surface area contributed by atoms with Crippen LogP contribution in [0.15, 0.2) is 18.2 Å².